The lowest BCUT2D eigenvalue weighted by Crippen LogP contribution is -2.44. The van der Waals surface area contributed by atoms with Crippen molar-refractivity contribution in [2.45, 2.75) is 104 Å². The predicted molar refractivity (Wildman–Crippen MR) is 346 cm³/mol. The molecule has 6 aromatic carbocycles. The standard InChI is InChI=1S/C62H69Br5N4O12Si/c1-61(2,3)82-60(74)69-35-54(83-84(10,11)62(4,5)6)43-33-47(66)55(48(67)34-43)81-53-31-41(27-45(64)57(53)76-8)24-25-68-58(72)49(70-78-36-38-18-14-12-15-19-38)29-40-22-23-51(44(63)26-40)80-52-32-42(28-46(65)56(52)75-7)30-50(59(73)77-9)71-79-37-39-20-16-13-17-21-39/h12-23,26-28,31-34,54H,24-25,29-30,35-37H2,1-11H3,(H,68,72)(H,69,74)/b70-49+,71-50+/t54-/m1/s1. The number of halogens is 5. The van der Waals surface area contributed by atoms with E-state index in [9.17, 15) is 14.4 Å². The number of oxime groups is 2. The summed E-state index contributed by atoms with van der Waals surface area (Å²) in [5.41, 5.74) is 4.31. The molecule has 6 aromatic rings. The average Bonchev–Trinajstić information content (AvgIpc) is 3.22. The first-order valence-electron chi connectivity index (χ1n) is 26.6. The highest BCUT2D eigenvalue weighted by Gasteiger charge is 2.40. The van der Waals surface area contributed by atoms with Gasteiger partial charge in [-0.05, 0) is 207 Å². The Balaban J connectivity index is 1.18. The third-order valence-electron chi connectivity index (χ3n) is 13.1. The van der Waals surface area contributed by atoms with E-state index in [1.54, 1.807) is 25.3 Å². The molecular formula is C62H69Br5N4O12Si. The second-order valence-corrected chi connectivity index (χ2v) is 30.7. The maximum absolute atomic E-state index is 14.1. The van der Waals surface area contributed by atoms with Gasteiger partial charge in [0, 0.05) is 19.4 Å². The van der Waals surface area contributed by atoms with Crippen molar-refractivity contribution in [2.24, 2.45) is 10.3 Å². The number of rotatable bonds is 26. The fourth-order valence-corrected chi connectivity index (χ4v) is 12.3. The molecule has 0 spiro atoms. The van der Waals surface area contributed by atoms with Gasteiger partial charge in [-0.2, -0.15) is 0 Å². The van der Waals surface area contributed by atoms with E-state index in [2.05, 4.69) is 134 Å². The van der Waals surface area contributed by atoms with Gasteiger partial charge in [0.15, 0.2) is 42.8 Å². The van der Waals surface area contributed by atoms with Crippen LogP contribution in [-0.4, -0.2) is 77.7 Å². The Bertz CT molecular complexity index is 3300. The normalized spacial score (nSPS) is 12.4. The van der Waals surface area contributed by atoms with Crippen LogP contribution in [0.4, 0.5) is 4.79 Å². The molecule has 1 atom stereocenters. The molecule has 0 fully saturated rings. The van der Waals surface area contributed by atoms with Gasteiger partial charge in [0.05, 0.1) is 56.3 Å². The number of ether oxygens (including phenoxy) is 6. The summed E-state index contributed by atoms with van der Waals surface area (Å²) in [6.07, 6.45) is -0.482. The number of nitrogens with one attached hydrogen (secondary N) is 2. The lowest BCUT2D eigenvalue weighted by atomic mass is 10.1. The number of methoxy groups -OCH3 is 3. The maximum Gasteiger partial charge on any atom is 0.407 e. The maximum atomic E-state index is 14.1. The van der Waals surface area contributed by atoms with E-state index in [0.29, 0.717) is 68.8 Å². The number of nitrogens with zero attached hydrogens (tertiary/aromatic N) is 2. The highest BCUT2D eigenvalue weighted by atomic mass is 79.9. The van der Waals surface area contributed by atoms with Crippen LogP contribution in [-0.2, 0) is 65.6 Å². The third-order valence-corrected chi connectivity index (χ3v) is 20.5. The van der Waals surface area contributed by atoms with Crippen molar-refractivity contribution in [1.29, 1.82) is 0 Å². The summed E-state index contributed by atoms with van der Waals surface area (Å²) in [4.78, 5) is 51.1. The van der Waals surface area contributed by atoms with Crippen LogP contribution in [0.2, 0.25) is 18.1 Å². The predicted octanol–water partition coefficient (Wildman–Crippen LogP) is 16.5. The summed E-state index contributed by atoms with van der Waals surface area (Å²) in [7, 11) is 2.03. The van der Waals surface area contributed by atoms with Crippen LogP contribution < -0.4 is 29.6 Å². The number of hydrogen-bond donors (Lipinski definition) is 2. The zero-order valence-corrected chi connectivity index (χ0v) is 57.6. The van der Waals surface area contributed by atoms with Crippen LogP contribution in [0.5, 0.6) is 34.5 Å². The van der Waals surface area contributed by atoms with Crippen molar-refractivity contribution in [3.8, 4) is 34.5 Å². The summed E-state index contributed by atoms with van der Waals surface area (Å²) >= 11 is 18.5. The Morgan fingerprint density at radius 2 is 1.07 bits per heavy atom. The van der Waals surface area contributed by atoms with Crippen molar-refractivity contribution in [2.75, 3.05) is 34.4 Å². The Kier molecular flexibility index (Phi) is 24.9. The average molecular weight is 1490 g/mol. The SMILES string of the molecule is COC(=O)/C(Cc1cc(Br)c(OC)c(Oc2ccc(C/C(=N\OCc3ccccc3)C(=O)NCCc3cc(Br)c(OC)c(Oc4c(Br)cc([C@@H](CNC(=O)OC(C)(C)C)O[Si](C)(C)C(C)(C)C)cc4Br)c3)cc2Br)c1)=N/OCc1ccccc1. The molecule has 448 valence electrons. The zero-order valence-electron chi connectivity index (χ0n) is 48.7. The molecule has 0 unspecified atom stereocenters. The second kappa shape index (κ2) is 31.1. The van der Waals surface area contributed by atoms with Crippen molar-refractivity contribution in [3.05, 3.63) is 171 Å². The molecule has 0 aliphatic heterocycles. The van der Waals surface area contributed by atoms with Crippen LogP contribution >= 0.6 is 79.6 Å². The molecule has 0 bridgehead atoms. The largest absolute Gasteiger partial charge is 0.492 e. The molecule has 84 heavy (non-hydrogen) atoms. The van der Waals surface area contributed by atoms with Crippen LogP contribution in [0.25, 0.3) is 0 Å². The van der Waals surface area contributed by atoms with Gasteiger partial charge in [-0.15, -0.1) is 0 Å². The molecular weight excluding hydrogens is 1420 g/mol. The molecule has 2 N–H and O–H groups in total. The number of alkyl carbamates (subject to hydrolysis) is 1. The fraction of sp³-hybridized carbons (Fsp3) is 0.339. The number of amides is 2. The quantitative estimate of drug-likeness (QED) is 0.0227. The summed E-state index contributed by atoms with van der Waals surface area (Å²) in [6.45, 7) is 17.0. The van der Waals surface area contributed by atoms with E-state index in [-0.39, 0.29) is 55.6 Å². The molecule has 0 saturated carbocycles. The number of benzene rings is 6. The summed E-state index contributed by atoms with van der Waals surface area (Å²) < 4.78 is 45.1. The van der Waals surface area contributed by atoms with E-state index in [1.165, 1.54) is 14.2 Å². The molecule has 0 saturated heterocycles. The van der Waals surface area contributed by atoms with Crippen molar-refractivity contribution >= 4 is 117 Å². The monoisotopic (exact) mass is 1480 g/mol. The Hall–Kier alpha value is -5.75. The topological polar surface area (TPSA) is 183 Å². The van der Waals surface area contributed by atoms with Gasteiger partial charge in [-0.3, -0.25) is 4.79 Å². The molecule has 0 aromatic heterocycles. The van der Waals surface area contributed by atoms with Gasteiger partial charge in [0.1, 0.15) is 30.3 Å². The van der Waals surface area contributed by atoms with E-state index in [4.69, 9.17) is 42.5 Å². The van der Waals surface area contributed by atoms with Crippen molar-refractivity contribution in [1.82, 2.24) is 10.6 Å². The molecule has 16 nitrogen and oxygen atoms in total. The Morgan fingerprint density at radius 1 is 0.560 bits per heavy atom. The number of carbonyl (C=O) groups excluding carboxylic acids is 3. The molecule has 2 amide bonds. The zero-order chi connectivity index (χ0) is 61.4. The molecule has 0 radical (unpaired) electrons. The smallest absolute Gasteiger partial charge is 0.407 e. The molecule has 0 aliphatic carbocycles. The lowest BCUT2D eigenvalue weighted by Gasteiger charge is -2.39. The van der Waals surface area contributed by atoms with Crippen molar-refractivity contribution in [3.63, 3.8) is 0 Å². The molecule has 0 heterocycles. The van der Waals surface area contributed by atoms with Crippen LogP contribution in [0, 0.1) is 0 Å². The molecule has 6 rings (SSSR count). The van der Waals surface area contributed by atoms with E-state index < -0.39 is 38.0 Å². The van der Waals surface area contributed by atoms with E-state index >= 15 is 0 Å². The van der Waals surface area contributed by atoms with E-state index in [0.717, 1.165) is 27.8 Å². The number of carbonyl (C=O) groups is 3. The van der Waals surface area contributed by atoms with Crippen LogP contribution in [0.3, 0.4) is 0 Å². The minimum Gasteiger partial charge on any atom is -0.492 e. The van der Waals surface area contributed by atoms with Gasteiger partial charge in [0.25, 0.3) is 5.91 Å². The van der Waals surface area contributed by atoms with Gasteiger partial charge >= 0.3 is 12.1 Å². The van der Waals surface area contributed by atoms with Gasteiger partial charge in [-0.25, -0.2) is 9.59 Å². The Labute approximate surface area is 534 Å². The molecule has 22 heteroatoms. The minimum atomic E-state index is -2.34. The number of hydrogen-bond acceptors (Lipinski definition) is 14. The van der Waals surface area contributed by atoms with Crippen LogP contribution in [0.1, 0.15) is 81.0 Å². The minimum absolute atomic E-state index is 0.0527. The van der Waals surface area contributed by atoms with Gasteiger partial charge < -0.3 is 53.2 Å². The Morgan fingerprint density at radius 3 is 1.61 bits per heavy atom. The first-order valence-corrected chi connectivity index (χ1v) is 33.5. The second-order valence-electron chi connectivity index (χ2n) is 21.7. The molecule has 0 aliphatic rings. The highest BCUT2D eigenvalue weighted by Crippen LogP contribution is 2.47. The lowest BCUT2D eigenvalue weighted by molar-refractivity contribution is -0.133. The summed E-state index contributed by atoms with van der Waals surface area (Å²) in [5, 5.41) is 14.3. The van der Waals surface area contributed by atoms with Gasteiger partial charge in [0.2, 0.25) is 0 Å². The van der Waals surface area contributed by atoms with Crippen molar-refractivity contribution < 1.29 is 56.9 Å². The summed E-state index contributed by atoms with van der Waals surface area (Å²) in [6, 6.07) is 35.6. The third kappa shape index (κ3) is 19.9. The summed E-state index contributed by atoms with van der Waals surface area (Å²) in [5.74, 6) is 1.48. The first-order chi connectivity index (χ1) is 39.8. The van der Waals surface area contributed by atoms with Gasteiger partial charge in [-0.1, -0.05) is 97.8 Å². The first kappa shape index (κ1) is 67.4. The van der Waals surface area contributed by atoms with Crippen LogP contribution in [0.15, 0.2) is 148 Å². The number of esters is 1. The highest BCUT2D eigenvalue weighted by molar-refractivity contribution is 9.11. The van der Waals surface area contributed by atoms with E-state index in [1.807, 2.05) is 118 Å². The fourth-order valence-electron chi connectivity index (χ4n) is 7.86.